The predicted molar refractivity (Wildman–Crippen MR) is 185 cm³/mol. The van der Waals surface area contributed by atoms with E-state index in [4.69, 9.17) is 9.47 Å². The SMILES string of the molecule is CN1C/C(=C/C2=C(N3CCOCC3)C(=C\c3ccccc3)/CC2)C(=O)/C(=C\C2=C(N3CCOCC3)C(=C\c3ccccc3)/CC2)C1. The molecule has 0 saturated carbocycles. The molecule has 0 N–H and O–H groups in total. The number of piperidine rings is 1. The largest absolute Gasteiger partial charge is 0.378 e. The van der Waals surface area contributed by atoms with Crippen molar-refractivity contribution >= 4 is 17.9 Å². The smallest absolute Gasteiger partial charge is 0.187 e. The van der Waals surface area contributed by atoms with Crippen molar-refractivity contribution in [1.29, 1.82) is 0 Å². The maximum Gasteiger partial charge on any atom is 0.187 e. The molecule has 0 aromatic heterocycles. The molecule has 6 heteroatoms. The first-order valence-corrected chi connectivity index (χ1v) is 16.9. The van der Waals surface area contributed by atoms with Gasteiger partial charge in [-0.15, -0.1) is 0 Å². The minimum Gasteiger partial charge on any atom is -0.378 e. The zero-order valence-electron chi connectivity index (χ0n) is 27.0. The summed E-state index contributed by atoms with van der Waals surface area (Å²) in [6.07, 6.45) is 13.0. The van der Waals surface area contributed by atoms with Crippen LogP contribution in [-0.2, 0) is 14.3 Å². The summed E-state index contributed by atoms with van der Waals surface area (Å²) in [5, 5.41) is 0. The van der Waals surface area contributed by atoms with E-state index in [1.807, 2.05) is 0 Å². The lowest BCUT2D eigenvalue weighted by atomic mass is 9.93. The first-order valence-electron chi connectivity index (χ1n) is 16.9. The van der Waals surface area contributed by atoms with Crippen LogP contribution in [0.2, 0.25) is 0 Å². The zero-order valence-corrected chi connectivity index (χ0v) is 27.0. The van der Waals surface area contributed by atoms with Crippen molar-refractivity contribution in [2.24, 2.45) is 0 Å². The second-order valence-electron chi connectivity index (χ2n) is 12.9. The van der Waals surface area contributed by atoms with Gasteiger partial charge in [-0.2, -0.15) is 0 Å². The van der Waals surface area contributed by atoms with Gasteiger partial charge in [0.1, 0.15) is 0 Å². The Hall–Kier alpha value is -3.97. The van der Waals surface area contributed by atoms with Crippen LogP contribution in [0.3, 0.4) is 0 Å². The topological polar surface area (TPSA) is 45.2 Å². The van der Waals surface area contributed by atoms with E-state index in [0.717, 1.165) is 89.4 Å². The minimum atomic E-state index is 0.196. The van der Waals surface area contributed by atoms with Gasteiger partial charge in [0.25, 0.3) is 0 Å². The second-order valence-corrected chi connectivity index (χ2v) is 12.9. The van der Waals surface area contributed by atoms with E-state index in [1.165, 1.54) is 44.8 Å². The first-order chi connectivity index (χ1) is 22.6. The number of allylic oxidation sites excluding steroid dienone is 6. The molecular formula is C40H45N3O3. The summed E-state index contributed by atoms with van der Waals surface area (Å²) >= 11 is 0. The summed E-state index contributed by atoms with van der Waals surface area (Å²) in [6, 6.07) is 21.2. The molecule has 46 heavy (non-hydrogen) atoms. The van der Waals surface area contributed by atoms with Crippen molar-refractivity contribution < 1.29 is 14.3 Å². The molecule has 0 atom stereocenters. The molecule has 5 aliphatic rings. The normalized spacial score (nSPS) is 25.3. The van der Waals surface area contributed by atoms with Crippen LogP contribution in [0.15, 0.2) is 118 Å². The summed E-state index contributed by atoms with van der Waals surface area (Å²) in [5.41, 5.74) is 12.1. The predicted octanol–water partition coefficient (Wildman–Crippen LogP) is 6.28. The van der Waals surface area contributed by atoms with Crippen molar-refractivity contribution in [3.63, 3.8) is 0 Å². The van der Waals surface area contributed by atoms with E-state index in [2.05, 4.69) is 107 Å². The van der Waals surface area contributed by atoms with Crippen molar-refractivity contribution in [1.82, 2.24) is 14.7 Å². The van der Waals surface area contributed by atoms with Crippen molar-refractivity contribution in [2.75, 3.05) is 72.7 Å². The Labute approximate surface area is 273 Å². The number of carbonyl (C=O) groups is 1. The van der Waals surface area contributed by atoms with Gasteiger partial charge in [-0.05, 0) is 90.5 Å². The van der Waals surface area contributed by atoms with E-state index >= 15 is 0 Å². The summed E-state index contributed by atoms with van der Waals surface area (Å²) in [4.78, 5) is 21.5. The van der Waals surface area contributed by atoms with Gasteiger partial charge in [-0.3, -0.25) is 9.69 Å². The highest BCUT2D eigenvalue weighted by molar-refractivity contribution is 6.10. The fraction of sp³-hybridized carbons (Fsp3) is 0.375. The van der Waals surface area contributed by atoms with Gasteiger partial charge in [-0.25, -0.2) is 0 Å². The monoisotopic (exact) mass is 615 g/mol. The highest BCUT2D eigenvalue weighted by Gasteiger charge is 2.31. The van der Waals surface area contributed by atoms with Crippen molar-refractivity contribution in [3.05, 3.63) is 129 Å². The molecule has 3 saturated heterocycles. The van der Waals surface area contributed by atoms with E-state index in [1.54, 1.807) is 0 Å². The summed E-state index contributed by atoms with van der Waals surface area (Å²) in [5.74, 6) is 0.196. The zero-order chi connectivity index (χ0) is 31.3. The molecule has 0 spiro atoms. The number of morpholine rings is 2. The Bertz CT molecular complexity index is 1500. The van der Waals surface area contributed by atoms with E-state index in [0.29, 0.717) is 13.1 Å². The third-order valence-electron chi connectivity index (χ3n) is 9.64. The fourth-order valence-corrected chi connectivity index (χ4v) is 7.50. The van der Waals surface area contributed by atoms with Gasteiger partial charge in [0, 0.05) is 61.8 Å². The molecular weight excluding hydrogens is 570 g/mol. The molecule has 0 radical (unpaired) electrons. The van der Waals surface area contributed by atoms with Crippen molar-refractivity contribution in [3.8, 4) is 0 Å². The maximum atomic E-state index is 14.3. The number of benzene rings is 2. The van der Waals surface area contributed by atoms with Crippen molar-refractivity contribution in [2.45, 2.75) is 25.7 Å². The molecule has 2 aromatic carbocycles. The molecule has 2 aromatic rings. The highest BCUT2D eigenvalue weighted by Crippen LogP contribution is 2.39. The van der Waals surface area contributed by atoms with Gasteiger partial charge in [0.15, 0.2) is 5.78 Å². The quantitative estimate of drug-likeness (QED) is 0.357. The van der Waals surface area contributed by atoms with Gasteiger partial charge in [0.05, 0.1) is 26.4 Å². The lowest BCUT2D eigenvalue weighted by Crippen LogP contribution is -2.37. The number of carbonyl (C=O) groups excluding carboxylic acids is 1. The van der Waals surface area contributed by atoms with Crippen LogP contribution in [-0.4, -0.2) is 93.2 Å². The van der Waals surface area contributed by atoms with E-state index in [9.17, 15) is 4.79 Å². The maximum absolute atomic E-state index is 14.3. The minimum absolute atomic E-state index is 0.196. The van der Waals surface area contributed by atoms with E-state index < -0.39 is 0 Å². The fourth-order valence-electron chi connectivity index (χ4n) is 7.50. The highest BCUT2D eigenvalue weighted by atomic mass is 16.5. The van der Waals surface area contributed by atoms with E-state index in [-0.39, 0.29) is 5.78 Å². The Morgan fingerprint density at radius 3 is 1.37 bits per heavy atom. The molecule has 238 valence electrons. The Morgan fingerprint density at radius 1 is 0.543 bits per heavy atom. The second kappa shape index (κ2) is 14.2. The number of nitrogens with zero attached hydrogens (tertiary/aromatic N) is 3. The average molecular weight is 616 g/mol. The number of likely N-dealkylation sites (tertiary alicyclic amines) is 1. The number of ether oxygens (including phenoxy) is 2. The van der Waals surface area contributed by atoms with Gasteiger partial charge in [0.2, 0.25) is 0 Å². The molecule has 2 aliphatic carbocycles. The average Bonchev–Trinajstić information content (AvgIpc) is 3.68. The molecule has 6 nitrogen and oxygen atoms in total. The molecule has 3 aliphatic heterocycles. The Balaban J connectivity index is 1.24. The summed E-state index contributed by atoms with van der Waals surface area (Å²) in [7, 11) is 2.13. The standard InChI is InChI=1S/C40H45N3O3/c1-41-28-36(26-34-14-12-32(24-30-8-4-2-5-9-30)38(34)42-16-20-45-21-17-42)40(44)37(29-41)27-35-15-13-33(25-31-10-6-3-7-11-31)39(35)43-18-22-46-23-19-43/h2-11,24-27H,12-23,28-29H2,1H3/b32-24-,33-25-,36-26-,37-27-. The number of hydrogen-bond acceptors (Lipinski definition) is 6. The molecule has 0 amide bonds. The molecule has 7 rings (SSSR count). The van der Waals surface area contributed by atoms with Crippen LogP contribution < -0.4 is 0 Å². The third-order valence-corrected chi connectivity index (χ3v) is 9.64. The van der Waals surface area contributed by atoms with Gasteiger partial charge < -0.3 is 19.3 Å². The van der Waals surface area contributed by atoms with Gasteiger partial charge >= 0.3 is 0 Å². The Morgan fingerprint density at radius 2 is 0.957 bits per heavy atom. The third kappa shape index (κ3) is 6.90. The Kier molecular flexibility index (Phi) is 9.47. The number of likely N-dealkylation sites (N-methyl/N-ethyl adjacent to an activating group) is 1. The lowest BCUT2D eigenvalue weighted by molar-refractivity contribution is -0.113. The molecule has 0 unspecified atom stereocenters. The van der Waals surface area contributed by atoms with Crippen LogP contribution in [0.5, 0.6) is 0 Å². The molecule has 0 bridgehead atoms. The summed E-state index contributed by atoms with van der Waals surface area (Å²) in [6.45, 7) is 7.81. The van der Waals surface area contributed by atoms with Crippen LogP contribution in [0.4, 0.5) is 0 Å². The number of hydrogen-bond donors (Lipinski definition) is 0. The van der Waals surface area contributed by atoms with Crippen LogP contribution in [0, 0.1) is 0 Å². The number of rotatable bonds is 6. The summed E-state index contributed by atoms with van der Waals surface area (Å²) < 4.78 is 11.4. The number of Topliss-reactive ketones (excluding diaryl/α,β-unsaturated/α-hetero) is 1. The lowest BCUT2D eigenvalue weighted by Gasteiger charge is -2.32. The molecule has 3 fully saturated rings. The van der Waals surface area contributed by atoms with Crippen LogP contribution in [0.1, 0.15) is 36.8 Å². The number of ketones is 1. The van der Waals surface area contributed by atoms with Crippen LogP contribution >= 0.6 is 0 Å². The first kappa shape index (κ1) is 30.7. The molecule has 3 heterocycles. The van der Waals surface area contributed by atoms with Gasteiger partial charge in [-0.1, -0.05) is 60.7 Å². The van der Waals surface area contributed by atoms with Crippen LogP contribution in [0.25, 0.3) is 12.2 Å².